The molecule has 3 aromatic rings. The highest BCUT2D eigenvalue weighted by Gasteiger charge is 2.32. The van der Waals surface area contributed by atoms with Gasteiger partial charge in [0, 0.05) is 11.6 Å². The van der Waals surface area contributed by atoms with Crippen LogP contribution < -0.4 is 19.9 Å². The molecule has 1 aromatic heterocycles. The first kappa shape index (κ1) is 20.1. The van der Waals surface area contributed by atoms with E-state index >= 15 is 0 Å². The molecule has 0 saturated carbocycles. The second kappa shape index (κ2) is 8.67. The van der Waals surface area contributed by atoms with E-state index in [0.717, 1.165) is 6.42 Å². The summed E-state index contributed by atoms with van der Waals surface area (Å²) in [5.74, 6) is 0.812. The van der Waals surface area contributed by atoms with Crippen LogP contribution in [-0.4, -0.2) is 12.6 Å². The number of carbonyl (C=O) groups excluding carboxylic acids is 1. The molecular formula is C24H20N2O5. The van der Waals surface area contributed by atoms with Crippen molar-refractivity contribution < 1.29 is 23.4 Å². The predicted octanol–water partition coefficient (Wildman–Crippen LogP) is 4.51. The molecule has 0 radical (unpaired) electrons. The van der Waals surface area contributed by atoms with Crippen LogP contribution in [0.5, 0.6) is 17.2 Å². The van der Waals surface area contributed by atoms with Crippen LogP contribution in [0.3, 0.4) is 0 Å². The fraction of sp³-hybridized carbons (Fsp3) is 0.167. The molecule has 2 heterocycles. The Morgan fingerprint density at radius 1 is 1.16 bits per heavy atom. The first-order valence-corrected chi connectivity index (χ1v) is 9.80. The van der Waals surface area contributed by atoms with Crippen LogP contribution >= 0.6 is 0 Å². The summed E-state index contributed by atoms with van der Waals surface area (Å²) in [7, 11) is 0. The number of allylic oxidation sites excluding steroid dienone is 1. The molecule has 2 aromatic carbocycles. The van der Waals surface area contributed by atoms with Gasteiger partial charge < -0.3 is 24.4 Å². The minimum Gasteiger partial charge on any atom is -0.494 e. The average Bonchev–Trinajstić information content (AvgIpc) is 3.31. The Labute approximate surface area is 179 Å². The van der Waals surface area contributed by atoms with Crippen LogP contribution in [0.2, 0.25) is 0 Å². The zero-order valence-electron chi connectivity index (χ0n) is 16.8. The van der Waals surface area contributed by atoms with Gasteiger partial charge in [-0.25, -0.2) is 4.79 Å². The van der Waals surface area contributed by atoms with Crippen molar-refractivity contribution in [3.8, 4) is 23.3 Å². The summed E-state index contributed by atoms with van der Waals surface area (Å²) in [6.45, 7) is 2.57. The van der Waals surface area contributed by atoms with E-state index in [4.69, 9.17) is 24.4 Å². The van der Waals surface area contributed by atoms with E-state index in [9.17, 15) is 10.1 Å². The number of hydrogen-bond acceptors (Lipinski definition) is 7. The fourth-order valence-corrected chi connectivity index (χ4v) is 3.35. The van der Waals surface area contributed by atoms with Crippen LogP contribution in [0.4, 0.5) is 0 Å². The highest BCUT2D eigenvalue weighted by atomic mass is 16.5. The van der Waals surface area contributed by atoms with Crippen molar-refractivity contribution in [3.05, 3.63) is 89.2 Å². The van der Waals surface area contributed by atoms with Crippen LogP contribution in [-0.2, 0) is 0 Å². The molecule has 0 spiro atoms. The van der Waals surface area contributed by atoms with Gasteiger partial charge in [-0.15, -0.1) is 0 Å². The third-order valence-electron chi connectivity index (χ3n) is 4.77. The lowest BCUT2D eigenvalue weighted by atomic mass is 9.87. The molecule has 156 valence electrons. The largest absolute Gasteiger partial charge is 0.494 e. The quantitative estimate of drug-likeness (QED) is 0.465. The van der Waals surface area contributed by atoms with Gasteiger partial charge in [0.2, 0.25) is 5.88 Å². The normalized spacial score (nSPS) is 14.9. The number of hydrogen-bond donors (Lipinski definition) is 1. The van der Waals surface area contributed by atoms with Crippen molar-refractivity contribution in [3.63, 3.8) is 0 Å². The van der Waals surface area contributed by atoms with Gasteiger partial charge in [-0.3, -0.25) is 0 Å². The molecule has 2 N–H and O–H groups in total. The van der Waals surface area contributed by atoms with Crippen molar-refractivity contribution in [1.29, 1.82) is 5.26 Å². The maximum absolute atomic E-state index is 12.6. The van der Waals surface area contributed by atoms with E-state index in [1.807, 2.05) is 6.92 Å². The zero-order chi connectivity index (χ0) is 21.8. The average molecular weight is 416 g/mol. The second-order valence-corrected chi connectivity index (χ2v) is 6.91. The molecular weight excluding hydrogens is 396 g/mol. The highest BCUT2D eigenvalue weighted by Crippen LogP contribution is 2.43. The summed E-state index contributed by atoms with van der Waals surface area (Å²) in [5.41, 5.74) is 7.29. The lowest BCUT2D eigenvalue weighted by molar-refractivity contribution is 0.0734. The van der Waals surface area contributed by atoms with Crippen LogP contribution in [0.1, 0.15) is 40.9 Å². The van der Waals surface area contributed by atoms with Crippen LogP contribution in [0.25, 0.3) is 0 Å². The summed E-state index contributed by atoms with van der Waals surface area (Å²) >= 11 is 0. The third kappa shape index (κ3) is 4.09. The maximum Gasteiger partial charge on any atom is 0.343 e. The smallest absolute Gasteiger partial charge is 0.343 e. The number of nitrogens with two attached hydrogens (primary N) is 1. The van der Waals surface area contributed by atoms with E-state index < -0.39 is 11.9 Å². The highest BCUT2D eigenvalue weighted by molar-refractivity contribution is 5.91. The van der Waals surface area contributed by atoms with Crippen LogP contribution in [0, 0.1) is 11.3 Å². The molecule has 0 bridgehead atoms. The summed E-state index contributed by atoms with van der Waals surface area (Å²) < 4.78 is 22.2. The van der Waals surface area contributed by atoms with Gasteiger partial charge in [-0.05, 0) is 42.8 Å². The SMILES string of the molecule is CCCOc1cccc(C(=O)Oc2ccc3c(c2)OC(N)=C(C#N)C3c2ccco2)c1. The fourth-order valence-electron chi connectivity index (χ4n) is 3.35. The molecule has 0 amide bonds. The summed E-state index contributed by atoms with van der Waals surface area (Å²) in [4.78, 5) is 12.6. The van der Waals surface area contributed by atoms with Gasteiger partial charge in [0.1, 0.15) is 34.7 Å². The van der Waals surface area contributed by atoms with E-state index in [0.29, 0.717) is 35.0 Å². The van der Waals surface area contributed by atoms with Crippen molar-refractivity contribution in [2.75, 3.05) is 6.61 Å². The molecule has 1 aliphatic heterocycles. The molecule has 1 aliphatic rings. The Morgan fingerprint density at radius 3 is 2.77 bits per heavy atom. The Bertz CT molecular complexity index is 1170. The molecule has 0 aliphatic carbocycles. The molecule has 7 nitrogen and oxygen atoms in total. The van der Waals surface area contributed by atoms with Crippen molar-refractivity contribution in [2.45, 2.75) is 19.3 Å². The standard InChI is InChI=1S/C24H20N2O5/c1-2-10-28-16-6-3-5-15(12-16)24(27)30-17-8-9-18-21(13-17)31-23(26)19(14-25)22(18)20-7-4-11-29-20/h3-9,11-13,22H,2,10,26H2,1H3. The summed E-state index contributed by atoms with van der Waals surface area (Å²) in [6.07, 6.45) is 2.40. The molecule has 0 saturated heterocycles. The van der Waals surface area contributed by atoms with E-state index in [1.165, 1.54) is 6.26 Å². The van der Waals surface area contributed by atoms with Gasteiger partial charge in [0.15, 0.2) is 0 Å². The minimum atomic E-state index is -0.526. The molecule has 1 unspecified atom stereocenters. The summed E-state index contributed by atoms with van der Waals surface area (Å²) in [6, 6.07) is 17.4. The Balaban J connectivity index is 1.59. The predicted molar refractivity (Wildman–Crippen MR) is 112 cm³/mol. The number of fused-ring (bicyclic) bond motifs is 1. The molecule has 1 atom stereocenters. The van der Waals surface area contributed by atoms with E-state index in [2.05, 4.69) is 6.07 Å². The monoisotopic (exact) mass is 416 g/mol. The lowest BCUT2D eigenvalue weighted by Gasteiger charge is -2.25. The van der Waals surface area contributed by atoms with Gasteiger partial charge in [0.25, 0.3) is 0 Å². The number of nitrogens with zero attached hydrogens (tertiary/aromatic N) is 1. The zero-order valence-corrected chi connectivity index (χ0v) is 16.8. The number of carbonyl (C=O) groups is 1. The number of ether oxygens (including phenoxy) is 3. The Hall–Kier alpha value is -4.18. The first-order chi connectivity index (χ1) is 15.1. The number of furan rings is 1. The maximum atomic E-state index is 12.6. The van der Waals surface area contributed by atoms with Crippen LogP contribution in [0.15, 0.2) is 76.7 Å². The molecule has 4 rings (SSSR count). The first-order valence-electron chi connectivity index (χ1n) is 9.80. The van der Waals surface area contributed by atoms with Crippen molar-refractivity contribution in [2.24, 2.45) is 5.73 Å². The Kier molecular flexibility index (Phi) is 5.63. The summed E-state index contributed by atoms with van der Waals surface area (Å²) in [5, 5.41) is 9.54. The van der Waals surface area contributed by atoms with Crippen molar-refractivity contribution in [1.82, 2.24) is 0 Å². The van der Waals surface area contributed by atoms with Gasteiger partial charge in [-0.2, -0.15) is 5.26 Å². The lowest BCUT2D eigenvalue weighted by Crippen LogP contribution is -2.21. The van der Waals surface area contributed by atoms with E-state index in [1.54, 1.807) is 54.6 Å². The van der Waals surface area contributed by atoms with Gasteiger partial charge in [0.05, 0.1) is 24.4 Å². The minimum absolute atomic E-state index is 0.0133. The second-order valence-electron chi connectivity index (χ2n) is 6.91. The number of rotatable bonds is 6. The topological polar surface area (TPSA) is 108 Å². The van der Waals surface area contributed by atoms with E-state index in [-0.39, 0.29) is 17.2 Å². The van der Waals surface area contributed by atoms with Gasteiger partial charge in [-0.1, -0.05) is 19.1 Å². The molecule has 7 heteroatoms. The van der Waals surface area contributed by atoms with Crippen molar-refractivity contribution >= 4 is 5.97 Å². The number of esters is 1. The van der Waals surface area contributed by atoms with Gasteiger partial charge >= 0.3 is 5.97 Å². The number of nitriles is 1. The number of benzene rings is 2. The molecule has 31 heavy (non-hydrogen) atoms. The third-order valence-corrected chi connectivity index (χ3v) is 4.77. The molecule has 0 fully saturated rings. The Morgan fingerprint density at radius 2 is 2.03 bits per heavy atom.